The highest BCUT2D eigenvalue weighted by atomic mass is 19.1. The first kappa shape index (κ1) is 18.3. The molecule has 0 bridgehead atoms. The number of nitrogens with one attached hydrogen (secondary N) is 3. The predicted octanol–water partition coefficient (Wildman–Crippen LogP) is 1.50. The summed E-state index contributed by atoms with van der Waals surface area (Å²) in [6.07, 6.45) is 5.39. The molecule has 0 spiro atoms. The van der Waals surface area contributed by atoms with Crippen LogP contribution < -0.4 is 20.9 Å². The van der Waals surface area contributed by atoms with Crippen LogP contribution in [-0.4, -0.2) is 64.7 Å². The van der Waals surface area contributed by atoms with E-state index in [9.17, 15) is 4.39 Å². The maximum Gasteiger partial charge on any atom is 0.182 e. The molecule has 152 valence electrons. The van der Waals surface area contributed by atoms with Crippen LogP contribution in [0.4, 0.5) is 16.0 Å². The molecule has 3 aromatic rings. The van der Waals surface area contributed by atoms with Crippen LogP contribution in [-0.2, 0) is 0 Å². The zero-order chi connectivity index (χ0) is 19.6. The summed E-state index contributed by atoms with van der Waals surface area (Å²) in [5, 5.41) is 10.4. The van der Waals surface area contributed by atoms with E-state index in [1.807, 2.05) is 6.07 Å². The second kappa shape index (κ2) is 7.92. The van der Waals surface area contributed by atoms with Gasteiger partial charge in [-0.3, -0.25) is 4.40 Å². The van der Waals surface area contributed by atoms with E-state index in [4.69, 9.17) is 9.97 Å². The van der Waals surface area contributed by atoms with Gasteiger partial charge in [0.25, 0.3) is 0 Å². The van der Waals surface area contributed by atoms with Gasteiger partial charge < -0.3 is 20.9 Å². The van der Waals surface area contributed by atoms with Gasteiger partial charge in [-0.15, -0.1) is 0 Å². The molecule has 2 saturated heterocycles. The van der Waals surface area contributed by atoms with Gasteiger partial charge in [-0.2, -0.15) is 0 Å². The van der Waals surface area contributed by atoms with E-state index in [0.717, 1.165) is 63.7 Å². The first-order valence-electron chi connectivity index (χ1n) is 10.2. The average molecular weight is 396 g/mol. The average Bonchev–Trinajstić information content (AvgIpc) is 3.18. The number of nitrogens with zero attached hydrogens (tertiary/aromatic N) is 5. The van der Waals surface area contributed by atoms with Crippen LogP contribution in [0.15, 0.2) is 30.6 Å². The fourth-order valence-electron chi connectivity index (χ4n) is 3.98. The lowest BCUT2D eigenvalue weighted by atomic mass is 10.1. The molecule has 0 saturated carbocycles. The Hall–Kier alpha value is -2.78. The molecule has 2 fully saturated rings. The number of fused-ring (bicyclic) bond motifs is 1. The van der Waals surface area contributed by atoms with E-state index in [1.54, 1.807) is 16.7 Å². The Kier molecular flexibility index (Phi) is 4.99. The molecular formula is C20H25FN8. The van der Waals surface area contributed by atoms with Crippen LogP contribution >= 0.6 is 0 Å². The van der Waals surface area contributed by atoms with Crippen LogP contribution in [0.5, 0.6) is 0 Å². The van der Waals surface area contributed by atoms with Crippen molar-refractivity contribution >= 4 is 17.3 Å². The van der Waals surface area contributed by atoms with Gasteiger partial charge in [0.15, 0.2) is 5.82 Å². The maximum atomic E-state index is 13.8. The standard InChI is InChI=1S/C20H25FN8/c21-14-3-4-18-24-12-16(29(18)13-14)20-26-17(25-15-2-1-5-23-11-15)10-19(27-20)28-8-6-22-7-9-28/h3-4,10,12-13,15,22-23H,1-2,5-9,11H2,(H,25,26,27). The van der Waals surface area contributed by atoms with Crippen molar-refractivity contribution in [3.63, 3.8) is 0 Å². The van der Waals surface area contributed by atoms with E-state index >= 15 is 0 Å². The third-order valence-electron chi connectivity index (χ3n) is 5.50. The normalized spacial score (nSPS) is 20.2. The zero-order valence-corrected chi connectivity index (χ0v) is 16.2. The largest absolute Gasteiger partial charge is 0.366 e. The molecule has 1 atom stereocenters. The molecule has 0 amide bonds. The molecule has 5 rings (SSSR count). The number of piperidine rings is 1. The summed E-state index contributed by atoms with van der Waals surface area (Å²) in [5.41, 5.74) is 1.35. The van der Waals surface area contributed by atoms with Crippen molar-refractivity contribution in [2.45, 2.75) is 18.9 Å². The number of hydrogen-bond donors (Lipinski definition) is 3. The molecule has 8 nitrogen and oxygen atoms in total. The molecular weight excluding hydrogens is 371 g/mol. The molecule has 29 heavy (non-hydrogen) atoms. The Morgan fingerprint density at radius 1 is 1.10 bits per heavy atom. The van der Waals surface area contributed by atoms with Gasteiger partial charge in [0.1, 0.15) is 28.8 Å². The first-order valence-corrected chi connectivity index (χ1v) is 10.2. The lowest BCUT2D eigenvalue weighted by molar-refractivity contribution is 0.479. The quantitative estimate of drug-likeness (QED) is 0.617. The summed E-state index contributed by atoms with van der Waals surface area (Å²) in [6, 6.07) is 5.42. The molecule has 3 N–H and O–H groups in total. The van der Waals surface area contributed by atoms with Crippen molar-refractivity contribution in [3.05, 3.63) is 36.4 Å². The van der Waals surface area contributed by atoms with E-state index in [1.165, 1.54) is 12.3 Å². The summed E-state index contributed by atoms with van der Waals surface area (Å²) < 4.78 is 15.6. The van der Waals surface area contributed by atoms with Crippen molar-refractivity contribution in [1.29, 1.82) is 0 Å². The van der Waals surface area contributed by atoms with Crippen LogP contribution in [0, 0.1) is 5.82 Å². The second-order valence-corrected chi connectivity index (χ2v) is 7.58. The number of hydrogen-bond acceptors (Lipinski definition) is 7. The van der Waals surface area contributed by atoms with Crippen LogP contribution in [0.2, 0.25) is 0 Å². The van der Waals surface area contributed by atoms with Gasteiger partial charge in [-0.25, -0.2) is 19.3 Å². The van der Waals surface area contributed by atoms with Crippen LogP contribution in [0.25, 0.3) is 17.2 Å². The van der Waals surface area contributed by atoms with Crippen LogP contribution in [0.1, 0.15) is 12.8 Å². The van der Waals surface area contributed by atoms with E-state index in [-0.39, 0.29) is 5.82 Å². The smallest absolute Gasteiger partial charge is 0.182 e. The Labute approximate surface area is 168 Å². The lowest BCUT2D eigenvalue weighted by Crippen LogP contribution is -2.44. The Balaban J connectivity index is 1.55. The third-order valence-corrected chi connectivity index (χ3v) is 5.50. The highest BCUT2D eigenvalue weighted by molar-refractivity contribution is 5.62. The van der Waals surface area contributed by atoms with Gasteiger partial charge in [-0.1, -0.05) is 0 Å². The highest BCUT2D eigenvalue weighted by Crippen LogP contribution is 2.25. The fourth-order valence-corrected chi connectivity index (χ4v) is 3.98. The number of pyridine rings is 1. The second-order valence-electron chi connectivity index (χ2n) is 7.58. The number of halogens is 1. The van der Waals surface area contributed by atoms with Crippen molar-refractivity contribution in [2.24, 2.45) is 0 Å². The molecule has 0 aliphatic carbocycles. The minimum absolute atomic E-state index is 0.318. The van der Waals surface area contributed by atoms with Crippen molar-refractivity contribution in [1.82, 2.24) is 30.0 Å². The monoisotopic (exact) mass is 396 g/mol. The third kappa shape index (κ3) is 3.88. The number of piperazine rings is 1. The molecule has 1 unspecified atom stereocenters. The Bertz CT molecular complexity index is 991. The molecule has 3 aromatic heterocycles. The Morgan fingerprint density at radius 3 is 2.83 bits per heavy atom. The maximum absolute atomic E-state index is 13.8. The lowest BCUT2D eigenvalue weighted by Gasteiger charge is -2.29. The van der Waals surface area contributed by atoms with Gasteiger partial charge in [-0.05, 0) is 31.5 Å². The van der Waals surface area contributed by atoms with Crippen LogP contribution in [0.3, 0.4) is 0 Å². The minimum atomic E-state index is -0.318. The summed E-state index contributed by atoms with van der Waals surface area (Å²) in [4.78, 5) is 16.2. The molecule has 9 heteroatoms. The van der Waals surface area contributed by atoms with Crippen molar-refractivity contribution in [3.8, 4) is 11.5 Å². The van der Waals surface area contributed by atoms with E-state index in [2.05, 4.69) is 25.8 Å². The summed E-state index contributed by atoms with van der Waals surface area (Å²) in [7, 11) is 0. The highest BCUT2D eigenvalue weighted by Gasteiger charge is 2.19. The summed E-state index contributed by atoms with van der Waals surface area (Å²) in [5.74, 6) is 1.91. The van der Waals surface area contributed by atoms with Gasteiger partial charge in [0.2, 0.25) is 0 Å². The molecule has 2 aliphatic rings. The van der Waals surface area contributed by atoms with Crippen molar-refractivity contribution < 1.29 is 4.39 Å². The molecule has 5 heterocycles. The summed E-state index contributed by atoms with van der Waals surface area (Å²) >= 11 is 0. The topological polar surface area (TPSA) is 82.4 Å². The van der Waals surface area contributed by atoms with E-state index < -0.39 is 0 Å². The number of rotatable bonds is 4. The van der Waals surface area contributed by atoms with E-state index in [0.29, 0.717) is 23.2 Å². The zero-order valence-electron chi connectivity index (χ0n) is 16.2. The SMILES string of the molecule is Fc1ccc2ncc(-c3nc(NC4CCCNC4)cc(N4CCNCC4)n3)n2c1. The Morgan fingerprint density at radius 2 is 2.00 bits per heavy atom. The van der Waals surface area contributed by atoms with Crippen molar-refractivity contribution in [2.75, 3.05) is 49.5 Å². The predicted molar refractivity (Wildman–Crippen MR) is 111 cm³/mol. The number of anilines is 2. The number of aromatic nitrogens is 4. The fraction of sp³-hybridized carbons (Fsp3) is 0.450. The molecule has 2 aliphatic heterocycles. The molecule has 0 aromatic carbocycles. The number of imidazole rings is 1. The van der Waals surface area contributed by atoms with Gasteiger partial charge in [0, 0.05) is 51.0 Å². The minimum Gasteiger partial charge on any atom is -0.366 e. The first-order chi connectivity index (χ1) is 14.3. The summed E-state index contributed by atoms with van der Waals surface area (Å²) in [6.45, 7) is 5.62. The molecule has 0 radical (unpaired) electrons. The van der Waals surface area contributed by atoms with Gasteiger partial charge >= 0.3 is 0 Å². The van der Waals surface area contributed by atoms with Gasteiger partial charge in [0.05, 0.1) is 6.20 Å².